The van der Waals surface area contributed by atoms with Gasteiger partial charge in [-0.2, -0.15) is 0 Å². The Morgan fingerprint density at radius 3 is 2.48 bits per heavy atom. The van der Waals surface area contributed by atoms with Gasteiger partial charge in [0.1, 0.15) is 11.3 Å². The quantitative estimate of drug-likeness (QED) is 0.605. The maximum absolute atomic E-state index is 12.2. The number of nitrogens with one attached hydrogen (secondary N) is 2. The highest BCUT2D eigenvalue weighted by Crippen LogP contribution is 2.38. The largest absolute Gasteiger partial charge is 0.490 e. The molecule has 8 heteroatoms. The number of aliphatic hydroxyl groups excluding tert-OH is 1. The van der Waals surface area contributed by atoms with Gasteiger partial charge in [-0.1, -0.05) is 0 Å². The van der Waals surface area contributed by atoms with Crippen LogP contribution in [0.4, 0.5) is 0 Å². The molecule has 7 nitrogen and oxygen atoms in total. The van der Waals surface area contributed by atoms with Crippen LogP contribution in [0.3, 0.4) is 0 Å². The van der Waals surface area contributed by atoms with E-state index in [1.807, 2.05) is 6.92 Å². The minimum atomic E-state index is -3.41. The second-order valence-corrected chi connectivity index (χ2v) is 9.75. The average Bonchev–Trinajstić information content (AvgIpc) is 3.12. The molecule has 1 aliphatic rings. The van der Waals surface area contributed by atoms with Gasteiger partial charge in [0.05, 0.1) is 17.1 Å². The van der Waals surface area contributed by atoms with Crippen LogP contribution in [-0.2, 0) is 9.84 Å². The van der Waals surface area contributed by atoms with Crippen LogP contribution >= 0.6 is 0 Å². The number of fused-ring (bicyclic) bond motifs is 1. The van der Waals surface area contributed by atoms with E-state index in [0.29, 0.717) is 29.7 Å². The fourth-order valence-electron chi connectivity index (χ4n) is 3.94. The molecule has 4 rings (SSSR count). The van der Waals surface area contributed by atoms with Crippen molar-refractivity contribution >= 4 is 20.7 Å². The Bertz CT molecular complexity index is 1220. The molecule has 0 amide bonds. The Morgan fingerprint density at radius 2 is 1.79 bits per heavy atom. The van der Waals surface area contributed by atoms with Crippen molar-refractivity contribution < 1.29 is 18.3 Å². The van der Waals surface area contributed by atoms with Crippen LogP contribution in [0.15, 0.2) is 40.3 Å². The molecule has 3 aromatic rings. The lowest BCUT2D eigenvalue weighted by Crippen LogP contribution is -2.26. The van der Waals surface area contributed by atoms with Gasteiger partial charge in [0.2, 0.25) is 0 Å². The van der Waals surface area contributed by atoms with Gasteiger partial charge in [-0.25, -0.2) is 8.42 Å². The van der Waals surface area contributed by atoms with Crippen LogP contribution in [0.1, 0.15) is 31.2 Å². The minimum Gasteiger partial charge on any atom is -0.490 e. The lowest BCUT2D eigenvalue weighted by molar-refractivity contribution is 0.0668. The Balaban J connectivity index is 1.86. The number of H-pyrrole nitrogens is 2. The van der Waals surface area contributed by atoms with Gasteiger partial charge in [0, 0.05) is 35.2 Å². The number of rotatable bonds is 4. The van der Waals surface area contributed by atoms with E-state index in [0.717, 1.165) is 29.4 Å². The number of benzene rings is 1. The van der Waals surface area contributed by atoms with Crippen molar-refractivity contribution in [1.29, 1.82) is 0 Å². The molecule has 1 aliphatic carbocycles. The topological polar surface area (TPSA) is 112 Å². The molecule has 29 heavy (non-hydrogen) atoms. The van der Waals surface area contributed by atoms with Crippen LogP contribution < -0.4 is 10.3 Å². The molecule has 0 unspecified atom stereocenters. The van der Waals surface area contributed by atoms with Crippen molar-refractivity contribution in [2.24, 2.45) is 0 Å². The summed E-state index contributed by atoms with van der Waals surface area (Å²) in [7, 11) is -3.41. The first-order valence-corrected chi connectivity index (χ1v) is 11.5. The van der Waals surface area contributed by atoms with Gasteiger partial charge < -0.3 is 19.8 Å². The summed E-state index contributed by atoms with van der Waals surface area (Å²) >= 11 is 0. The van der Waals surface area contributed by atoms with E-state index in [2.05, 4.69) is 9.97 Å². The Hall–Kier alpha value is -2.58. The van der Waals surface area contributed by atoms with E-state index >= 15 is 0 Å². The normalized spacial score (nSPS) is 20.1. The lowest BCUT2D eigenvalue weighted by atomic mass is 9.95. The summed E-state index contributed by atoms with van der Waals surface area (Å²) in [5.74, 6) is 0.569. The molecule has 1 saturated carbocycles. The SMILES string of the molecule is Cc1c[nH]c(=O)c2[nH]cc(-c3cc(S(C)(=O)=O)ccc3O[C@H]3CC[C@@H](O)CC3)c12. The standard InChI is InChI=1S/C21H24N2O5S/c1-12-10-23-21(25)20-19(12)17(11-22-20)16-9-15(29(2,26)27)7-8-18(16)28-14-5-3-13(24)4-6-14/h7-11,13-14,22,24H,3-6H2,1-2H3,(H,23,25)/t13-,14+. The van der Waals surface area contributed by atoms with Crippen LogP contribution in [0, 0.1) is 6.92 Å². The highest BCUT2D eigenvalue weighted by molar-refractivity contribution is 7.90. The van der Waals surface area contributed by atoms with Crippen molar-refractivity contribution in [1.82, 2.24) is 9.97 Å². The number of aryl methyl sites for hydroxylation is 1. The maximum Gasteiger partial charge on any atom is 0.272 e. The van der Waals surface area contributed by atoms with Gasteiger partial charge in [0.15, 0.2) is 9.84 Å². The molecule has 1 fully saturated rings. The highest BCUT2D eigenvalue weighted by Gasteiger charge is 2.24. The van der Waals surface area contributed by atoms with Gasteiger partial charge in [-0.3, -0.25) is 4.79 Å². The lowest BCUT2D eigenvalue weighted by Gasteiger charge is -2.27. The summed E-state index contributed by atoms with van der Waals surface area (Å²) in [6.07, 6.45) is 7.03. The zero-order valence-corrected chi connectivity index (χ0v) is 17.2. The first kappa shape index (κ1) is 19.7. The summed E-state index contributed by atoms with van der Waals surface area (Å²) in [6, 6.07) is 4.82. The molecule has 0 atom stereocenters. The Kier molecular flexibility index (Phi) is 5.00. The summed E-state index contributed by atoms with van der Waals surface area (Å²) in [4.78, 5) is 18.1. The molecule has 154 valence electrons. The third-order valence-electron chi connectivity index (χ3n) is 5.53. The number of aromatic nitrogens is 2. The number of aliphatic hydroxyl groups is 1. The molecular weight excluding hydrogens is 392 g/mol. The molecular formula is C21H24N2O5S. The number of sulfone groups is 1. The molecule has 0 aliphatic heterocycles. The van der Waals surface area contributed by atoms with Gasteiger partial charge in [-0.15, -0.1) is 0 Å². The summed E-state index contributed by atoms with van der Waals surface area (Å²) in [6.45, 7) is 1.89. The van der Waals surface area contributed by atoms with E-state index < -0.39 is 9.84 Å². The first-order valence-electron chi connectivity index (χ1n) is 9.62. The molecule has 0 spiro atoms. The molecule has 2 heterocycles. The molecule has 0 radical (unpaired) electrons. The third kappa shape index (κ3) is 3.82. The fraction of sp³-hybridized carbons (Fsp3) is 0.381. The smallest absolute Gasteiger partial charge is 0.272 e. The van der Waals surface area contributed by atoms with Crippen molar-refractivity contribution in [2.75, 3.05) is 6.26 Å². The van der Waals surface area contributed by atoms with Crippen LogP contribution in [0.25, 0.3) is 22.0 Å². The van der Waals surface area contributed by atoms with Gasteiger partial charge in [0.25, 0.3) is 5.56 Å². The zero-order valence-electron chi connectivity index (χ0n) is 16.4. The van der Waals surface area contributed by atoms with Crippen molar-refractivity contribution in [2.45, 2.75) is 49.7 Å². The summed E-state index contributed by atoms with van der Waals surface area (Å²) in [5, 5.41) is 10.5. The summed E-state index contributed by atoms with van der Waals surface area (Å²) < 4.78 is 30.5. The first-order chi connectivity index (χ1) is 13.7. The highest BCUT2D eigenvalue weighted by atomic mass is 32.2. The van der Waals surface area contributed by atoms with Crippen LogP contribution in [0.5, 0.6) is 5.75 Å². The van der Waals surface area contributed by atoms with Crippen LogP contribution in [-0.4, -0.2) is 42.0 Å². The zero-order chi connectivity index (χ0) is 20.8. The average molecular weight is 416 g/mol. The second kappa shape index (κ2) is 7.35. The third-order valence-corrected chi connectivity index (χ3v) is 6.64. The molecule has 1 aromatic carbocycles. The minimum absolute atomic E-state index is 0.0454. The van der Waals surface area contributed by atoms with E-state index in [1.165, 1.54) is 6.26 Å². The number of pyridine rings is 1. The van der Waals surface area contributed by atoms with Crippen molar-refractivity contribution in [3.63, 3.8) is 0 Å². The molecule has 0 bridgehead atoms. The maximum atomic E-state index is 12.2. The van der Waals surface area contributed by atoms with E-state index in [4.69, 9.17) is 4.74 Å². The van der Waals surface area contributed by atoms with Crippen molar-refractivity contribution in [3.8, 4) is 16.9 Å². The number of hydrogen-bond donors (Lipinski definition) is 3. The van der Waals surface area contributed by atoms with Crippen molar-refractivity contribution in [3.05, 3.63) is 46.5 Å². The van der Waals surface area contributed by atoms with E-state index in [1.54, 1.807) is 30.6 Å². The molecule has 2 aromatic heterocycles. The second-order valence-electron chi connectivity index (χ2n) is 7.73. The number of ether oxygens (including phenoxy) is 1. The predicted octanol–water partition coefficient (Wildman–Crippen LogP) is 2.92. The predicted molar refractivity (Wildman–Crippen MR) is 111 cm³/mol. The van der Waals surface area contributed by atoms with E-state index in [9.17, 15) is 18.3 Å². The molecule has 0 saturated heterocycles. The van der Waals surface area contributed by atoms with Gasteiger partial charge in [-0.05, 0) is 56.4 Å². The van der Waals surface area contributed by atoms with E-state index in [-0.39, 0.29) is 22.7 Å². The fourth-order valence-corrected chi connectivity index (χ4v) is 4.59. The Labute approximate surface area is 168 Å². The Morgan fingerprint density at radius 1 is 1.07 bits per heavy atom. The van der Waals surface area contributed by atoms with Crippen LogP contribution in [0.2, 0.25) is 0 Å². The monoisotopic (exact) mass is 416 g/mol. The molecule has 3 N–H and O–H groups in total. The summed E-state index contributed by atoms with van der Waals surface area (Å²) in [5.41, 5.74) is 2.42. The number of hydrogen-bond acceptors (Lipinski definition) is 5. The number of aromatic amines is 2. The van der Waals surface area contributed by atoms with Gasteiger partial charge >= 0.3 is 0 Å².